The van der Waals surface area contributed by atoms with Crippen molar-refractivity contribution >= 4 is 35.1 Å². The first-order chi connectivity index (χ1) is 9.99. The van der Waals surface area contributed by atoms with Gasteiger partial charge < -0.3 is 10.4 Å². The lowest BCUT2D eigenvalue weighted by molar-refractivity contribution is -0.139. The number of hydrogen-bond acceptors (Lipinski definition) is 3. The highest BCUT2D eigenvalue weighted by atomic mass is 35.5. The Kier molecular flexibility index (Phi) is 4.77. The lowest BCUT2D eigenvalue weighted by Crippen LogP contribution is -2.34. The summed E-state index contributed by atoms with van der Waals surface area (Å²) in [4.78, 5) is 27.2. The van der Waals surface area contributed by atoms with E-state index >= 15 is 0 Å². The molecule has 0 fully saturated rings. The molecule has 0 saturated carbocycles. The summed E-state index contributed by atoms with van der Waals surface area (Å²) in [7, 11) is 0. The summed E-state index contributed by atoms with van der Waals surface area (Å²) in [5.74, 6) is -1.81. The molecule has 7 heteroatoms. The number of carbonyl (C=O) groups is 2. The van der Waals surface area contributed by atoms with Crippen molar-refractivity contribution in [3.05, 3.63) is 63.9 Å². The fourth-order valence-corrected chi connectivity index (χ4v) is 2.15. The van der Waals surface area contributed by atoms with Gasteiger partial charge in [-0.1, -0.05) is 53.5 Å². The monoisotopic (exact) mass is 324 g/mol. The van der Waals surface area contributed by atoms with Crippen molar-refractivity contribution in [1.82, 2.24) is 10.3 Å². The molecule has 1 heterocycles. The Bertz CT molecular complexity index is 677. The first kappa shape index (κ1) is 15.3. The van der Waals surface area contributed by atoms with Crippen LogP contribution in [-0.2, 0) is 4.79 Å². The molecule has 0 bridgehead atoms. The number of nitrogens with zero attached hydrogens (tertiary/aromatic N) is 1. The number of rotatable bonds is 4. The van der Waals surface area contributed by atoms with E-state index in [2.05, 4.69) is 10.3 Å². The van der Waals surface area contributed by atoms with Gasteiger partial charge in [0.15, 0.2) is 6.04 Å². The Morgan fingerprint density at radius 1 is 1.10 bits per heavy atom. The fraction of sp³-hybridized carbons (Fsp3) is 0.0714. The Labute approximate surface area is 130 Å². The molecule has 2 aromatic rings. The minimum absolute atomic E-state index is 0.0586. The van der Waals surface area contributed by atoms with Crippen LogP contribution in [0.5, 0.6) is 0 Å². The average molecular weight is 325 g/mol. The molecule has 1 aromatic carbocycles. The van der Waals surface area contributed by atoms with Crippen molar-refractivity contribution in [2.24, 2.45) is 0 Å². The van der Waals surface area contributed by atoms with Crippen molar-refractivity contribution in [1.29, 1.82) is 0 Å². The molecule has 0 aliphatic rings. The average Bonchev–Trinajstić information content (AvgIpc) is 2.45. The molecule has 0 spiro atoms. The summed E-state index contributed by atoms with van der Waals surface area (Å²) in [5.41, 5.74) is 0.514. The Morgan fingerprint density at radius 3 is 2.33 bits per heavy atom. The number of carboxylic acid groups (broad SMARTS) is 1. The van der Waals surface area contributed by atoms with Crippen LogP contribution in [0.2, 0.25) is 10.3 Å². The van der Waals surface area contributed by atoms with Crippen LogP contribution in [0.4, 0.5) is 0 Å². The van der Waals surface area contributed by atoms with Crippen LogP contribution >= 0.6 is 23.2 Å². The van der Waals surface area contributed by atoms with E-state index in [0.717, 1.165) is 0 Å². The summed E-state index contributed by atoms with van der Waals surface area (Å²) in [5, 5.41) is 11.7. The van der Waals surface area contributed by atoms with Crippen LogP contribution in [0.25, 0.3) is 0 Å². The molecule has 1 atom stereocenters. The number of aromatic nitrogens is 1. The molecule has 0 saturated heterocycles. The second-order valence-corrected chi connectivity index (χ2v) is 4.87. The van der Waals surface area contributed by atoms with Gasteiger partial charge in [0.1, 0.15) is 10.3 Å². The summed E-state index contributed by atoms with van der Waals surface area (Å²) >= 11 is 11.5. The predicted molar refractivity (Wildman–Crippen MR) is 78.5 cm³/mol. The molecular weight excluding hydrogens is 315 g/mol. The molecule has 0 aliphatic carbocycles. The van der Waals surface area contributed by atoms with Crippen LogP contribution in [0.3, 0.4) is 0 Å². The largest absolute Gasteiger partial charge is 0.479 e. The zero-order valence-electron chi connectivity index (χ0n) is 10.6. The van der Waals surface area contributed by atoms with Crippen molar-refractivity contribution in [2.75, 3.05) is 0 Å². The maximum atomic E-state index is 12.1. The fourth-order valence-electron chi connectivity index (χ4n) is 1.72. The minimum atomic E-state index is -1.18. The quantitative estimate of drug-likeness (QED) is 0.847. The molecular formula is C14H10Cl2N2O3. The van der Waals surface area contributed by atoms with Crippen LogP contribution in [0.1, 0.15) is 22.0 Å². The van der Waals surface area contributed by atoms with E-state index in [-0.39, 0.29) is 15.9 Å². The molecule has 0 aliphatic heterocycles. The molecule has 1 aromatic heterocycles. The topological polar surface area (TPSA) is 79.3 Å². The summed E-state index contributed by atoms with van der Waals surface area (Å²) in [6.07, 6.45) is 0. The molecule has 2 N–H and O–H groups in total. The number of carbonyl (C=O) groups excluding carboxylic acids is 1. The molecule has 21 heavy (non-hydrogen) atoms. The van der Waals surface area contributed by atoms with Crippen molar-refractivity contribution in [3.63, 3.8) is 0 Å². The van der Waals surface area contributed by atoms with Gasteiger partial charge in [0.05, 0.1) is 5.56 Å². The standard InChI is InChI=1S/C14H10Cl2N2O3/c15-10-7-6-9(12(16)17-10)13(19)18-11(14(20)21)8-4-2-1-3-5-8/h1-7,11H,(H,18,19)(H,20,21)/t11-/m1/s1. The number of aliphatic carboxylic acids is 1. The third-order valence-electron chi connectivity index (χ3n) is 2.71. The number of pyridine rings is 1. The third-order valence-corrected chi connectivity index (χ3v) is 3.21. The van der Waals surface area contributed by atoms with E-state index < -0.39 is 17.9 Å². The highest BCUT2D eigenvalue weighted by molar-refractivity contribution is 6.34. The third kappa shape index (κ3) is 3.71. The van der Waals surface area contributed by atoms with Crippen molar-refractivity contribution in [2.45, 2.75) is 6.04 Å². The normalized spacial score (nSPS) is 11.7. The van der Waals surface area contributed by atoms with Crippen molar-refractivity contribution < 1.29 is 14.7 Å². The van der Waals surface area contributed by atoms with Crippen molar-refractivity contribution in [3.8, 4) is 0 Å². The van der Waals surface area contributed by atoms with E-state index in [9.17, 15) is 14.7 Å². The van der Waals surface area contributed by atoms with E-state index in [1.165, 1.54) is 12.1 Å². The molecule has 5 nitrogen and oxygen atoms in total. The first-order valence-electron chi connectivity index (χ1n) is 5.89. The molecule has 108 valence electrons. The number of amides is 1. The van der Waals surface area contributed by atoms with E-state index in [4.69, 9.17) is 23.2 Å². The summed E-state index contributed by atoms with van der Waals surface area (Å²) < 4.78 is 0. The van der Waals surface area contributed by atoms with E-state index in [0.29, 0.717) is 5.56 Å². The maximum Gasteiger partial charge on any atom is 0.330 e. The van der Waals surface area contributed by atoms with Gasteiger partial charge in [-0.05, 0) is 17.7 Å². The van der Waals surface area contributed by atoms with Crippen LogP contribution < -0.4 is 5.32 Å². The van der Waals surface area contributed by atoms with Gasteiger partial charge in [0.2, 0.25) is 0 Å². The van der Waals surface area contributed by atoms with Gasteiger partial charge in [0.25, 0.3) is 5.91 Å². The first-order valence-corrected chi connectivity index (χ1v) is 6.65. The number of halogens is 2. The number of nitrogens with one attached hydrogen (secondary N) is 1. The molecule has 2 rings (SSSR count). The van der Waals surface area contributed by atoms with Crippen LogP contribution in [-0.4, -0.2) is 22.0 Å². The highest BCUT2D eigenvalue weighted by Crippen LogP contribution is 2.19. The Morgan fingerprint density at radius 2 is 1.76 bits per heavy atom. The molecule has 0 radical (unpaired) electrons. The number of hydrogen-bond donors (Lipinski definition) is 2. The summed E-state index contributed by atoms with van der Waals surface area (Å²) in [6, 6.07) is 9.97. The molecule has 1 amide bonds. The smallest absolute Gasteiger partial charge is 0.330 e. The lowest BCUT2D eigenvalue weighted by atomic mass is 10.1. The predicted octanol–water partition coefficient (Wildman–Crippen LogP) is 2.94. The second-order valence-electron chi connectivity index (χ2n) is 4.13. The SMILES string of the molecule is O=C(N[C@@H](C(=O)O)c1ccccc1)c1ccc(Cl)nc1Cl. The minimum Gasteiger partial charge on any atom is -0.479 e. The highest BCUT2D eigenvalue weighted by Gasteiger charge is 2.23. The van der Waals surface area contributed by atoms with Gasteiger partial charge in [0, 0.05) is 0 Å². The van der Waals surface area contributed by atoms with Gasteiger partial charge in [-0.15, -0.1) is 0 Å². The van der Waals surface area contributed by atoms with Crippen LogP contribution in [0.15, 0.2) is 42.5 Å². The van der Waals surface area contributed by atoms with Gasteiger partial charge in [-0.2, -0.15) is 0 Å². The zero-order valence-corrected chi connectivity index (χ0v) is 12.1. The molecule has 0 unspecified atom stereocenters. The Balaban J connectivity index is 2.25. The maximum absolute atomic E-state index is 12.1. The number of benzene rings is 1. The lowest BCUT2D eigenvalue weighted by Gasteiger charge is -2.15. The number of carboxylic acids is 1. The van der Waals surface area contributed by atoms with E-state index in [1.54, 1.807) is 30.3 Å². The van der Waals surface area contributed by atoms with Gasteiger partial charge >= 0.3 is 5.97 Å². The van der Waals surface area contributed by atoms with E-state index in [1.807, 2.05) is 0 Å². The summed E-state index contributed by atoms with van der Waals surface area (Å²) in [6.45, 7) is 0. The van der Waals surface area contributed by atoms with Gasteiger partial charge in [-0.3, -0.25) is 4.79 Å². The Hall–Kier alpha value is -2.11. The second kappa shape index (κ2) is 6.56. The van der Waals surface area contributed by atoms with Gasteiger partial charge in [-0.25, -0.2) is 9.78 Å². The van der Waals surface area contributed by atoms with Crippen LogP contribution in [0, 0.1) is 0 Å². The zero-order chi connectivity index (χ0) is 15.4.